The fraction of sp³-hybridized carbons (Fsp3) is 0.167. The van der Waals surface area contributed by atoms with Gasteiger partial charge >= 0.3 is 0 Å². The van der Waals surface area contributed by atoms with Gasteiger partial charge in [0.1, 0.15) is 0 Å². The highest BCUT2D eigenvalue weighted by molar-refractivity contribution is 6.15. The molecule has 4 heteroatoms. The molecular weight excluding hydrogens is 705 g/mol. The molecule has 4 fully saturated rings. The summed E-state index contributed by atoms with van der Waals surface area (Å²) >= 11 is 0. The largest absolute Gasteiger partial charge is 0.309 e. The third-order valence-electron chi connectivity index (χ3n) is 14.4. The van der Waals surface area contributed by atoms with Crippen molar-refractivity contribution in [3.63, 3.8) is 0 Å². The Morgan fingerprint density at radius 3 is 1.98 bits per heavy atom. The summed E-state index contributed by atoms with van der Waals surface area (Å²) in [5.74, 6) is 5.28. The first-order chi connectivity index (χ1) is 28.7. The monoisotopic (exact) mass is 744 g/mol. The van der Waals surface area contributed by atoms with Crippen molar-refractivity contribution in [2.24, 2.45) is 23.7 Å². The van der Waals surface area contributed by atoms with Crippen LogP contribution in [0, 0.1) is 23.7 Å². The van der Waals surface area contributed by atoms with E-state index in [0.717, 1.165) is 51.5 Å². The average Bonchev–Trinajstić information content (AvgIpc) is 3.96. The van der Waals surface area contributed by atoms with E-state index in [0.29, 0.717) is 17.6 Å². The summed E-state index contributed by atoms with van der Waals surface area (Å²) in [5.41, 5.74) is 14.8. The number of fused-ring (bicyclic) bond motifs is 6. The Kier molecular flexibility index (Phi) is 6.81. The van der Waals surface area contributed by atoms with Crippen LogP contribution in [0.4, 0.5) is 0 Å². The Balaban J connectivity index is 1.00. The lowest BCUT2D eigenvalue weighted by atomic mass is 9.59. The second kappa shape index (κ2) is 12.2. The molecule has 4 saturated carbocycles. The van der Waals surface area contributed by atoms with Crippen molar-refractivity contribution in [3.8, 4) is 62.1 Å². The van der Waals surface area contributed by atoms with Gasteiger partial charge in [-0.25, -0.2) is 15.0 Å². The summed E-state index contributed by atoms with van der Waals surface area (Å²) in [6, 6.07) is 61.5. The molecule has 2 aromatic heterocycles. The molecule has 5 aliphatic rings. The van der Waals surface area contributed by atoms with E-state index < -0.39 is 0 Å². The molecule has 1 spiro atoms. The summed E-state index contributed by atoms with van der Waals surface area (Å²) in [7, 11) is 0. The number of hydrogen-bond acceptors (Lipinski definition) is 3. The molecule has 0 amide bonds. The molecule has 0 saturated heterocycles. The minimum atomic E-state index is 0.0940. The predicted octanol–water partition coefficient (Wildman–Crippen LogP) is 13.0. The lowest BCUT2D eigenvalue weighted by molar-refractivity contribution is 0.191. The van der Waals surface area contributed by atoms with E-state index in [2.05, 4.69) is 174 Å². The second-order valence-electron chi connectivity index (χ2n) is 17.2. The van der Waals surface area contributed by atoms with Gasteiger partial charge in [0.15, 0.2) is 17.5 Å². The molecule has 4 nitrogen and oxygen atoms in total. The highest BCUT2D eigenvalue weighted by Crippen LogP contribution is 2.73. The molecule has 5 aliphatic carbocycles. The van der Waals surface area contributed by atoms with E-state index in [1.807, 2.05) is 0 Å². The SMILES string of the molecule is c1ccc(-c2nc(-c3cccc(-c4cccc5c4c4ccccc4n5-c4ccccc4)c3)nc(-c3cccc4c3-c3ccccc3C43C4CC5CC(C4)C3C5)n2)cc1. The van der Waals surface area contributed by atoms with Crippen LogP contribution in [0.3, 0.4) is 0 Å². The maximum absolute atomic E-state index is 5.42. The number of benzene rings is 7. The van der Waals surface area contributed by atoms with Gasteiger partial charge in [0.05, 0.1) is 11.0 Å². The zero-order valence-electron chi connectivity index (χ0n) is 32.1. The van der Waals surface area contributed by atoms with Crippen LogP contribution in [-0.2, 0) is 5.41 Å². The summed E-state index contributed by atoms with van der Waals surface area (Å²) in [4.78, 5) is 16.0. The maximum Gasteiger partial charge on any atom is 0.164 e. The molecule has 14 rings (SSSR count). The average molecular weight is 745 g/mol. The summed E-state index contributed by atoms with van der Waals surface area (Å²) in [6.45, 7) is 0. The van der Waals surface area contributed by atoms with Crippen molar-refractivity contribution in [3.05, 3.63) is 181 Å². The maximum atomic E-state index is 5.42. The van der Waals surface area contributed by atoms with Crippen molar-refractivity contribution >= 4 is 21.8 Å². The van der Waals surface area contributed by atoms with Crippen LogP contribution in [0.2, 0.25) is 0 Å². The van der Waals surface area contributed by atoms with Gasteiger partial charge in [-0.3, -0.25) is 0 Å². The Labute approximate surface area is 337 Å². The van der Waals surface area contributed by atoms with Crippen molar-refractivity contribution < 1.29 is 0 Å². The van der Waals surface area contributed by atoms with Gasteiger partial charge in [-0.15, -0.1) is 0 Å². The van der Waals surface area contributed by atoms with E-state index in [1.54, 1.807) is 5.56 Å². The van der Waals surface area contributed by atoms with Gasteiger partial charge in [0.2, 0.25) is 0 Å². The van der Waals surface area contributed by atoms with Crippen molar-refractivity contribution in [1.29, 1.82) is 0 Å². The topological polar surface area (TPSA) is 43.6 Å². The van der Waals surface area contributed by atoms with Crippen LogP contribution in [0.1, 0.15) is 36.8 Å². The molecule has 58 heavy (non-hydrogen) atoms. The quantitative estimate of drug-likeness (QED) is 0.176. The summed E-state index contributed by atoms with van der Waals surface area (Å²) in [6.07, 6.45) is 5.50. The minimum Gasteiger partial charge on any atom is -0.309 e. The standard InChI is InChI=1S/C54H40N4/c1-3-14-34(15-4-1)51-55-52(36-17-11-16-35(31-36)40-22-13-27-48-50(40)42-21-8-10-26-47(42)58(48)39-18-5-2-6-19-39)57-53(56-51)43-23-12-25-45-49(43)41-20-7-9-24-44(41)54(45)38-29-33-28-37(32-38)46(54)30-33/h1-27,31,33,37-38,46H,28-30,32H2. The first-order valence-electron chi connectivity index (χ1n) is 21.0. The molecule has 0 aliphatic heterocycles. The molecule has 276 valence electrons. The second-order valence-corrected chi connectivity index (χ2v) is 17.2. The Morgan fingerprint density at radius 1 is 0.466 bits per heavy atom. The van der Waals surface area contributed by atoms with Crippen LogP contribution >= 0.6 is 0 Å². The zero-order valence-corrected chi connectivity index (χ0v) is 32.1. The van der Waals surface area contributed by atoms with Crippen molar-refractivity contribution in [1.82, 2.24) is 19.5 Å². The lowest BCUT2D eigenvalue weighted by Gasteiger charge is -2.43. The van der Waals surface area contributed by atoms with Crippen LogP contribution in [0.25, 0.3) is 83.9 Å². The Hall–Kier alpha value is -6.65. The molecule has 0 N–H and O–H groups in total. The molecular formula is C54H40N4. The molecule has 5 unspecified atom stereocenters. The third-order valence-corrected chi connectivity index (χ3v) is 14.4. The number of rotatable bonds is 5. The van der Waals surface area contributed by atoms with E-state index >= 15 is 0 Å². The highest BCUT2D eigenvalue weighted by Gasteiger charge is 2.66. The van der Waals surface area contributed by atoms with Gasteiger partial charge in [-0.2, -0.15) is 0 Å². The Morgan fingerprint density at radius 2 is 1.10 bits per heavy atom. The minimum absolute atomic E-state index is 0.0940. The fourth-order valence-electron chi connectivity index (χ4n) is 12.5. The smallest absolute Gasteiger partial charge is 0.164 e. The van der Waals surface area contributed by atoms with Gasteiger partial charge in [0.25, 0.3) is 0 Å². The lowest BCUT2D eigenvalue weighted by Crippen LogP contribution is -2.40. The van der Waals surface area contributed by atoms with Crippen LogP contribution in [0.15, 0.2) is 170 Å². The zero-order chi connectivity index (χ0) is 38.0. The van der Waals surface area contributed by atoms with Gasteiger partial charge in [-0.1, -0.05) is 140 Å². The molecule has 9 aromatic rings. The van der Waals surface area contributed by atoms with Crippen molar-refractivity contribution in [2.75, 3.05) is 0 Å². The number of para-hydroxylation sites is 2. The third kappa shape index (κ3) is 4.43. The molecule has 5 atom stereocenters. The van der Waals surface area contributed by atoms with E-state index in [1.165, 1.54) is 69.7 Å². The Bertz CT molecular complexity index is 3110. The molecule has 2 heterocycles. The summed E-state index contributed by atoms with van der Waals surface area (Å²) in [5, 5.41) is 2.47. The molecule has 7 aromatic carbocycles. The van der Waals surface area contributed by atoms with Crippen LogP contribution in [-0.4, -0.2) is 19.5 Å². The number of aromatic nitrogens is 4. The van der Waals surface area contributed by atoms with Gasteiger partial charge in [-0.05, 0) is 113 Å². The van der Waals surface area contributed by atoms with E-state index in [4.69, 9.17) is 15.0 Å². The van der Waals surface area contributed by atoms with Gasteiger partial charge in [0, 0.05) is 38.6 Å². The predicted molar refractivity (Wildman–Crippen MR) is 235 cm³/mol. The summed E-state index contributed by atoms with van der Waals surface area (Å²) < 4.78 is 2.38. The molecule has 0 radical (unpaired) electrons. The van der Waals surface area contributed by atoms with Crippen molar-refractivity contribution in [2.45, 2.75) is 31.1 Å². The first kappa shape index (κ1) is 32.4. The molecule has 4 bridgehead atoms. The van der Waals surface area contributed by atoms with Crippen LogP contribution < -0.4 is 0 Å². The van der Waals surface area contributed by atoms with Crippen LogP contribution in [0.5, 0.6) is 0 Å². The number of hydrogen-bond donors (Lipinski definition) is 0. The van der Waals surface area contributed by atoms with Gasteiger partial charge < -0.3 is 4.57 Å². The normalized spacial score (nSPS) is 22.3. The number of nitrogens with zero attached hydrogens (tertiary/aromatic N) is 4. The fourth-order valence-corrected chi connectivity index (χ4v) is 12.5. The van der Waals surface area contributed by atoms with E-state index in [-0.39, 0.29) is 5.41 Å². The highest BCUT2D eigenvalue weighted by atomic mass is 15.0. The first-order valence-corrected chi connectivity index (χ1v) is 21.0. The van der Waals surface area contributed by atoms with E-state index in [9.17, 15) is 0 Å².